The van der Waals surface area contributed by atoms with Gasteiger partial charge in [-0.1, -0.05) is 36.4 Å². The van der Waals surface area contributed by atoms with Gasteiger partial charge < -0.3 is 15.2 Å². The van der Waals surface area contributed by atoms with Gasteiger partial charge in [-0.25, -0.2) is 4.79 Å². The molecule has 0 spiro atoms. The fraction of sp³-hybridized carbons (Fsp3) is 0.143. The molecule has 0 amide bonds. The lowest BCUT2D eigenvalue weighted by molar-refractivity contribution is 0.0699. The van der Waals surface area contributed by atoms with E-state index in [0.717, 1.165) is 11.3 Å². The molecule has 0 aliphatic rings. The average molecular weight is 389 g/mol. The van der Waals surface area contributed by atoms with E-state index in [1.165, 1.54) is 7.11 Å². The van der Waals surface area contributed by atoms with Crippen molar-refractivity contribution in [1.29, 1.82) is 0 Å². The lowest BCUT2D eigenvalue weighted by atomic mass is 10.1. The molecule has 2 N–H and O–H groups in total. The molecule has 0 bridgehead atoms. The molecule has 2 aromatic carbocycles. The van der Waals surface area contributed by atoms with Crippen molar-refractivity contribution in [2.45, 2.75) is 13.5 Å². The van der Waals surface area contributed by atoms with Crippen molar-refractivity contribution < 1.29 is 14.6 Å². The molecule has 0 radical (unpaired) electrons. The third-order valence-electron chi connectivity index (χ3n) is 4.60. The number of hydrogen-bond acceptors (Lipinski definition) is 6. The number of aromatic carboxylic acids is 1. The summed E-state index contributed by atoms with van der Waals surface area (Å²) in [4.78, 5) is 16.1. The number of hydrogen-bond donors (Lipinski definition) is 2. The summed E-state index contributed by atoms with van der Waals surface area (Å²) in [5.41, 5.74) is 2.81. The average Bonchev–Trinajstić information content (AvgIpc) is 3.08. The molecule has 0 atom stereocenters. The van der Waals surface area contributed by atoms with E-state index in [-0.39, 0.29) is 11.4 Å². The highest BCUT2D eigenvalue weighted by atomic mass is 16.5. The van der Waals surface area contributed by atoms with Crippen LogP contribution in [-0.2, 0) is 6.54 Å². The number of rotatable bonds is 6. The Labute approximate surface area is 166 Å². The third-order valence-corrected chi connectivity index (χ3v) is 4.60. The number of nitrogens with one attached hydrogen (secondary N) is 1. The molecule has 0 saturated carbocycles. The van der Waals surface area contributed by atoms with Gasteiger partial charge in [0, 0.05) is 17.6 Å². The third kappa shape index (κ3) is 3.47. The van der Waals surface area contributed by atoms with E-state index in [9.17, 15) is 9.90 Å². The van der Waals surface area contributed by atoms with Crippen LogP contribution >= 0.6 is 0 Å². The lowest BCUT2D eigenvalue weighted by Gasteiger charge is -2.12. The molecule has 4 rings (SSSR count). The van der Waals surface area contributed by atoms with E-state index in [1.54, 1.807) is 16.7 Å². The van der Waals surface area contributed by atoms with Crippen LogP contribution < -0.4 is 10.1 Å². The summed E-state index contributed by atoms with van der Waals surface area (Å²) in [5, 5.41) is 21.6. The first-order valence-electron chi connectivity index (χ1n) is 8.99. The maximum Gasteiger partial charge on any atom is 0.336 e. The molecule has 8 heteroatoms. The Morgan fingerprint density at radius 3 is 2.66 bits per heavy atom. The van der Waals surface area contributed by atoms with Crippen LogP contribution in [0.2, 0.25) is 0 Å². The highest BCUT2D eigenvalue weighted by Crippen LogP contribution is 2.27. The number of nitrogens with zero attached hydrogens (tertiary/aromatic N) is 4. The Hall–Kier alpha value is -3.94. The molecule has 8 nitrogen and oxygen atoms in total. The van der Waals surface area contributed by atoms with Gasteiger partial charge in [0.2, 0.25) is 0 Å². The predicted molar refractivity (Wildman–Crippen MR) is 109 cm³/mol. The van der Waals surface area contributed by atoms with Crippen LogP contribution in [-0.4, -0.2) is 37.9 Å². The van der Waals surface area contributed by atoms with E-state index in [0.29, 0.717) is 29.2 Å². The van der Waals surface area contributed by atoms with Crippen LogP contribution in [0.15, 0.2) is 54.6 Å². The van der Waals surface area contributed by atoms with Gasteiger partial charge >= 0.3 is 5.97 Å². The zero-order valence-electron chi connectivity index (χ0n) is 16.0. The molecule has 146 valence electrons. The Balaban J connectivity index is 1.77. The molecule has 0 unspecified atom stereocenters. The maximum atomic E-state index is 11.6. The van der Waals surface area contributed by atoms with Gasteiger partial charge in [-0.2, -0.15) is 4.98 Å². The van der Waals surface area contributed by atoms with Gasteiger partial charge in [-0.3, -0.25) is 4.57 Å². The molecule has 29 heavy (non-hydrogen) atoms. The van der Waals surface area contributed by atoms with Crippen molar-refractivity contribution >= 4 is 22.7 Å². The van der Waals surface area contributed by atoms with Gasteiger partial charge in [-0.05, 0) is 30.7 Å². The topological polar surface area (TPSA) is 102 Å². The fourth-order valence-corrected chi connectivity index (χ4v) is 3.25. The van der Waals surface area contributed by atoms with Crippen molar-refractivity contribution in [2.24, 2.45) is 0 Å². The standard InChI is InChI=1S/C21H19N5O3/c1-13-11-16-15(20(27)28)9-6-10-17(16)26(13)21-23-18(19(29-2)24-25-21)22-12-14-7-4-3-5-8-14/h3-11H,12H2,1-2H3,(H,27,28)(H,22,23,25). The zero-order valence-corrected chi connectivity index (χ0v) is 16.0. The van der Waals surface area contributed by atoms with E-state index in [1.807, 2.05) is 49.4 Å². The van der Waals surface area contributed by atoms with Crippen molar-refractivity contribution in [1.82, 2.24) is 19.7 Å². The highest BCUT2D eigenvalue weighted by molar-refractivity contribution is 6.03. The normalized spacial score (nSPS) is 10.8. The summed E-state index contributed by atoms with van der Waals surface area (Å²) in [5.74, 6) is 0.0881. The summed E-state index contributed by atoms with van der Waals surface area (Å²) in [6.07, 6.45) is 0. The van der Waals surface area contributed by atoms with E-state index in [4.69, 9.17) is 4.74 Å². The number of benzene rings is 2. The smallest absolute Gasteiger partial charge is 0.336 e. The molecule has 0 saturated heterocycles. The van der Waals surface area contributed by atoms with Crippen LogP contribution in [0.25, 0.3) is 16.9 Å². The van der Waals surface area contributed by atoms with Crippen molar-refractivity contribution in [3.05, 3.63) is 71.4 Å². The molecule has 2 heterocycles. The van der Waals surface area contributed by atoms with Gasteiger partial charge in [0.1, 0.15) is 0 Å². The van der Waals surface area contributed by atoms with Crippen LogP contribution in [0.5, 0.6) is 5.88 Å². The molecule has 0 aliphatic heterocycles. The van der Waals surface area contributed by atoms with Gasteiger partial charge in [0.05, 0.1) is 18.2 Å². The van der Waals surface area contributed by atoms with E-state index in [2.05, 4.69) is 20.5 Å². The van der Waals surface area contributed by atoms with Crippen LogP contribution in [0.1, 0.15) is 21.6 Å². The first-order valence-corrected chi connectivity index (χ1v) is 8.99. The van der Waals surface area contributed by atoms with Gasteiger partial charge in [-0.15, -0.1) is 10.2 Å². The van der Waals surface area contributed by atoms with Crippen LogP contribution in [0.4, 0.5) is 5.82 Å². The molecule has 2 aromatic heterocycles. The minimum Gasteiger partial charge on any atom is -0.478 e. The summed E-state index contributed by atoms with van der Waals surface area (Å²) >= 11 is 0. The number of carboxylic acid groups (broad SMARTS) is 1. The second kappa shape index (κ2) is 7.59. The first-order chi connectivity index (χ1) is 14.1. The number of aryl methyl sites for hydroxylation is 1. The number of methoxy groups -OCH3 is 1. The Morgan fingerprint density at radius 2 is 1.93 bits per heavy atom. The molecule has 0 fully saturated rings. The Bertz CT molecular complexity index is 1190. The lowest BCUT2D eigenvalue weighted by Crippen LogP contribution is -2.11. The summed E-state index contributed by atoms with van der Waals surface area (Å²) < 4.78 is 7.07. The summed E-state index contributed by atoms with van der Waals surface area (Å²) in [6.45, 7) is 2.42. The number of carbonyl (C=O) groups is 1. The van der Waals surface area contributed by atoms with Crippen molar-refractivity contribution in [2.75, 3.05) is 12.4 Å². The second-order valence-electron chi connectivity index (χ2n) is 6.47. The minimum atomic E-state index is -0.980. The molecular weight excluding hydrogens is 370 g/mol. The molecule has 4 aromatic rings. The number of anilines is 1. The predicted octanol–water partition coefficient (Wildman–Crippen LogP) is 3.44. The molecule has 0 aliphatic carbocycles. The van der Waals surface area contributed by atoms with Crippen LogP contribution in [0.3, 0.4) is 0 Å². The molecular formula is C21H19N5O3. The van der Waals surface area contributed by atoms with E-state index >= 15 is 0 Å². The van der Waals surface area contributed by atoms with Gasteiger partial charge in [0.15, 0.2) is 5.82 Å². The minimum absolute atomic E-state index is 0.230. The largest absolute Gasteiger partial charge is 0.478 e. The van der Waals surface area contributed by atoms with Crippen LogP contribution in [0, 0.1) is 6.92 Å². The number of aromatic nitrogens is 4. The highest BCUT2D eigenvalue weighted by Gasteiger charge is 2.18. The quantitative estimate of drug-likeness (QED) is 0.521. The summed E-state index contributed by atoms with van der Waals surface area (Å²) in [6, 6.07) is 16.8. The Kier molecular flexibility index (Phi) is 4.82. The van der Waals surface area contributed by atoms with E-state index < -0.39 is 5.97 Å². The monoisotopic (exact) mass is 389 g/mol. The second-order valence-corrected chi connectivity index (χ2v) is 6.47. The number of ether oxygens (including phenoxy) is 1. The Morgan fingerprint density at radius 1 is 1.14 bits per heavy atom. The SMILES string of the molecule is COc1nnc(-n2c(C)cc3c(C(=O)O)cccc32)nc1NCc1ccccc1. The maximum absolute atomic E-state index is 11.6. The zero-order chi connectivity index (χ0) is 20.4. The first kappa shape index (κ1) is 18.4. The van der Waals surface area contributed by atoms with Crippen molar-refractivity contribution in [3.8, 4) is 11.8 Å². The number of fused-ring (bicyclic) bond motifs is 1. The van der Waals surface area contributed by atoms with Crippen molar-refractivity contribution in [3.63, 3.8) is 0 Å². The number of carboxylic acids is 1. The fourth-order valence-electron chi connectivity index (χ4n) is 3.25. The summed E-state index contributed by atoms with van der Waals surface area (Å²) in [7, 11) is 1.51. The van der Waals surface area contributed by atoms with Gasteiger partial charge in [0.25, 0.3) is 11.8 Å².